The zero-order valence-electron chi connectivity index (χ0n) is 13.0. The SMILES string of the molecule is CC(C)C[C@@H](COc1ccc(Br)cc1-c1ccno1)OC(N)=O. The van der Waals surface area contributed by atoms with Gasteiger partial charge in [0.1, 0.15) is 18.5 Å². The highest BCUT2D eigenvalue weighted by molar-refractivity contribution is 9.10. The molecule has 7 heteroatoms. The van der Waals surface area contributed by atoms with Gasteiger partial charge in [0.15, 0.2) is 5.76 Å². The summed E-state index contributed by atoms with van der Waals surface area (Å²) in [6.45, 7) is 4.29. The summed E-state index contributed by atoms with van der Waals surface area (Å²) >= 11 is 3.42. The topological polar surface area (TPSA) is 87.6 Å². The van der Waals surface area contributed by atoms with E-state index in [1.54, 1.807) is 12.3 Å². The van der Waals surface area contributed by atoms with Gasteiger partial charge in [-0.05, 0) is 30.5 Å². The van der Waals surface area contributed by atoms with E-state index in [0.717, 1.165) is 10.0 Å². The van der Waals surface area contributed by atoms with Crippen molar-refractivity contribution in [2.75, 3.05) is 6.61 Å². The minimum Gasteiger partial charge on any atom is -0.489 e. The van der Waals surface area contributed by atoms with Gasteiger partial charge in [0.05, 0.1) is 11.8 Å². The van der Waals surface area contributed by atoms with Crippen LogP contribution in [-0.4, -0.2) is 24.0 Å². The smallest absolute Gasteiger partial charge is 0.404 e. The maximum atomic E-state index is 11.0. The molecule has 2 rings (SSSR count). The fraction of sp³-hybridized carbons (Fsp3) is 0.375. The van der Waals surface area contributed by atoms with E-state index < -0.39 is 12.2 Å². The van der Waals surface area contributed by atoms with Crippen LogP contribution >= 0.6 is 15.9 Å². The first-order chi connectivity index (χ1) is 11.0. The standard InChI is InChI=1S/C16H19BrN2O4/c1-10(2)7-12(22-16(18)20)9-21-14-4-3-11(17)8-13(14)15-5-6-19-23-15/h3-6,8,10,12H,7,9H2,1-2H3,(H2,18,20)/t12-/m0/s1. The third-order valence-corrected chi connectivity index (χ3v) is 3.58. The van der Waals surface area contributed by atoms with E-state index in [0.29, 0.717) is 23.8 Å². The lowest BCUT2D eigenvalue weighted by molar-refractivity contribution is 0.0592. The van der Waals surface area contributed by atoms with E-state index >= 15 is 0 Å². The molecule has 0 aliphatic rings. The molecule has 1 aromatic heterocycles. The average Bonchev–Trinajstić information content (AvgIpc) is 2.98. The Morgan fingerprint density at radius 2 is 2.17 bits per heavy atom. The van der Waals surface area contributed by atoms with Crippen molar-refractivity contribution < 1.29 is 18.8 Å². The molecular weight excluding hydrogens is 364 g/mol. The highest BCUT2D eigenvalue weighted by Crippen LogP contribution is 2.32. The molecule has 0 radical (unpaired) electrons. The zero-order valence-corrected chi connectivity index (χ0v) is 14.6. The molecule has 0 fully saturated rings. The van der Waals surface area contributed by atoms with Crippen LogP contribution in [0.4, 0.5) is 4.79 Å². The zero-order chi connectivity index (χ0) is 16.8. The fourth-order valence-electron chi connectivity index (χ4n) is 2.20. The van der Waals surface area contributed by atoms with Crippen LogP contribution in [0.1, 0.15) is 20.3 Å². The summed E-state index contributed by atoms with van der Waals surface area (Å²) in [5.74, 6) is 1.56. The second kappa shape index (κ2) is 8.01. The molecule has 0 saturated carbocycles. The average molecular weight is 383 g/mol. The molecule has 124 valence electrons. The van der Waals surface area contributed by atoms with Crippen LogP contribution in [0.25, 0.3) is 11.3 Å². The molecule has 0 aliphatic carbocycles. The Bertz CT molecular complexity index is 644. The number of halogens is 1. The number of nitrogens with two attached hydrogens (primary N) is 1. The number of hydrogen-bond donors (Lipinski definition) is 1. The fourth-order valence-corrected chi connectivity index (χ4v) is 2.56. The summed E-state index contributed by atoms with van der Waals surface area (Å²) in [6.07, 6.45) is 1.03. The van der Waals surface area contributed by atoms with Crippen molar-refractivity contribution in [3.8, 4) is 17.1 Å². The molecule has 0 saturated heterocycles. The molecule has 1 aromatic carbocycles. The lowest BCUT2D eigenvalue weighted by Crippen LogP contribution is -2.29. The molecule has 1 heterocycles. The summed E-state index contributed by atoms with van der Waals surface area (Å²) in [4.78, 5) is 11.0. The van der Waals surface area contributed by atoms with Crippen LogP contribution in [0.3, 0.4) is 0 Å². The number of rotatable bonds is 7. The van der Waals surface area contributed by atoms with Gasteiger partial charge in [0.2, 0.25) is 0 Å². The van der Waals surface area contributed by atoms with Crippen LogP contribution in [0.5, 0.6) is 5.75 Å². The lowest BCUT2D eigenvalue weighted by Gasteiger charge is -2.20. The molecule has 2 N–H and O–H groups in total. The Balaban J connectivity index is 2.14. The van der Waals surface area contributed by atoms with Gasteiger partial charge in [-0.2, -0.15) is 0 Å². The Kier molecular flexibility index (Phi) is 6.04. The van der Waals surface area contributed by atoms with Crippen LogP contribution in [0.15, 0.2) is 39.5 Å². The molecule has 0 unspecified atom stereocenters. The minimum atomic E-state index is -0.800. The summed E-state index contributed by atoms with van der Waals surface area (Å²) < 4.78 is 17.0. The van der Waals surface area contributed by atoms with E-state index in [1.165, 1.54) is 0 Å². The number of carbonyl (C=O) groups is 1. The van der Waals surface area contributed by atoms with Gasteiger partial charge in [-0.1, -0.05) is 34.9 Å². The first kappa shape index (κ1) is 17.3. The van der Waals surface area contributed by atoms with Crippen LogP contribution in [-0.2, 0) is 4.74 Å². The molecule has 0 spiro atoms. The number of aromatic nitrogens is 1. The Labute approximate surface area is 143 Å². The number of hydrogen-bond acceptors (Lipinski definition) is 5. The summed E-state index contributed by atoms with van der Waals surface area (Å²) in [6, 6.07) is 7.31. The largest absolute Gasteiger partial charge is 0.489 e. The van der Waals surface area contributed by atoms with E-state index in [4.69, 9.17) is 19.7 Å². The number of benzene rings is 1. The van der Waals surface area contributed by atoms with Crippen molar-refractivity contribution in [2.45, 2.75) is 26.4 Å². The Hall–Kier alpha value is -2.02. The summed E-state index contributed by atoms with van der Waals surface area (Å²) in [7, 11) is 0. The molecule has 0 bridgehead atoms. The van der Waals surface area contributed by atoms with Crippen molar-refractivity contribution in [2.24, 2.45) is 11.7 Å². The minimum absolute atomic E-state index is 0.212. The highest BCUT2D eigenvalue weighted by Gasteiger charge is 2.17. The van der Waals surface area contributed by atoms with Crippen LogP contribution < -0.4 is 10.5 Å². The van der Waals surface area contributed by atoms with Gasteiger partial charge in [-0.3, -0.25) is 0 Å². The maximum Gasteiger partial charge on any atom is 0.404 e. The third-order valence-electron chi connectivity index (χ3n) is 3.09. The summed E-state index contributed by atoms with van der Waals surface area (Å²) in [5, 5.41) is 3.71. The molecule has 6 nitrogen and oxygen atoms in total. The number of carbonyl (C=O) groups excluding carboxylic acids is 1. The Morgan fingerprint density at radius 3 is 2.78 bits per heavy atom. The first-order valence-electron chi connectivity index (χ1n) is 7.25. The Morgan fingerprint density at radius 1 is 1.39 bits per heavy atom. The van der Waals surface area contributed by atoms with Crippen LogP contribution in [0.2, 0.25) is 0 Å². The highest BCUT2D eigenvalue weighted by atomic mass is 79.9. The number of amides is 1. The van der Waals surface area contributed by atoms with Gasteiger partial charge in [0.25, 0.3) is 0 Å². The predicted molar refractivity (Wildman–Crippen MR) is 89.0 cm³/mol. The molecular formula is C16H19BrN2O4. The van der Waals surface area contributed by atoms with Gasteiger partial charge < -0.3 is 19.7 Å². The van der Waals surface area contributed by atoms with Crippen molar-refractivity contribution in [3.63, 3.8) is 0 Å². The van der Waals surface area contributed by atoms with Crippen molar-refractivity contribution in [1.29, 1.82) is 0 Å². The second-order valence-electron chi connectivity index (χ2n) is 5.52. The predicted octanol–water partition coefficient (Wildman–Crippen LogP) is 3.99. The van der Waals surface area contributed by atoms with Gasteiger partial charge in [-0.15, -0.1) is 0 Å². The number of ether oxygens (including phenoxy) is 2. The monoisotopic (exact) mass is 382 g/mol. The molecule has 23 heavy (non-hydrogen) atoms. The third kappa shape index (κ3) is 5.28. The van der Waals surface area contributed by atoms with E-state index in [9.17, 15) is 4.79 Å². The van der Waals surface area contributed by atoms with E-state index in [-0.39, 0.29) is 6.61 Å². The lowest BCUT2D eigenvalue weighted by atomic mass is 10.1. The molecule has 1 amide bonds. The van der Waals surface area contributed by atoms with Gasteiger partial charge in [0, 0.05) is 10.5 Å². The van der Waals surface area contributed by atoms with Crippen molar-refractivity contribution >= 4 is 22.0 Å². The second-order valence-corrected chi connectivity index (χ2v) is 6.43. The van der Waals surface area contributed by atoms with Gasteiger partial charge in [-0.25, -0.2) is 4.79 Å². The summed E-state index contributed by atoms with van der Waals surface area (Å²) in [5.41, 5.74) is 5.88. The van der Waals surface area contributed by atoms with Crippen molar-refractivity contribution in [3.05, 3.63) is 34.9 Å². The maximum absolute atomic E-state index is 11.0. The van der Waals surface area contributed by atoms with Gasteiger partial charge >= 0.3 is 6.09 Å². The first-order valence-corrected chi connectivity index (χ1v) is 8.04. The molecule has 0 aliphatic heterocycles. The quantitative estimate of drug-likeness (QED) is 0.781. The normalized spacial score (nSPS) is 12.2. The van der Waals surface area contributed by atoms with Crippen LogP contribution in [0, 0.1) is 5.92 Å². The van der Waals surface area contributed by atoms with E-state index in [1.807, 2.05) is 32.0 Å². The van der Waals surface area contributed by atoms with Crippen molar-refractivity contribution in [1.82, 2.24) is 5.16 Å². The molecule has 2 aromatic rings. The molecule has 1 atom stereocenters. The number of primary amides is 1. The number of nitrogens with zero attached hydrogens (tertiary/aromatic N) is 1. The van der Waals surface area contributed by atoms with E-state index in [2.05, 4.69) is 21.1 Å².